The Kier molecular flexibility index (Phi) is 6.63. The second-order valence-electron chi connectivity index (χ2n) is 6.86. The number of carbonyl (C=O) groups is 2. The second kappa shape index (κ2) is 9.15. The highest BCUT2D eigenvalue weighted by Gasteiger charge is 2.26. The van der Waals surface area contributed by atoms with Gasteiger partial charge in [-0.05, 0) is 38.7 Å². The van der Waals surface area contributed by atoms with Crippen molar-refractivity contribution in [1.82, 2.24) is 0 Å². The van der Waals surface area contributed by atoms with Crippen molar-refractivity contribution in [3.63, 3.8) is 0 Å². The van der Waals surface area contributed by atoms with Crippen LogP contribution in [-0.2, 0) is 9.53 Å². The minimum atomic E-state index is -0.388. The van der Waals surface area contributed by atoms with Gasteiger partial charge in [-0.2, -0.15) is 0 Å². The quantitative estimate of drug-likeness (QED) is 0.750. The predicted octanol–water partition coefficient (Wildman–Crippen LogP) is 2.91. The summed E-state index contributed by atoms with van der Waals surface area (Å²) in [5, 5.41) is 3.58. The molecular formula is C21H27N2O3S+. The van der Waals surface area contributed by atoms with Gasteiger partial charge < -0.3 is 15.0 Å². The summed E-state index contributed by atoms with van der Waals surface area (Å²) in [7, 11) is 0. The molecule has 0 atom stereocenters. The van der Waals surface area contributed by atoms with Crippen LogP contribution in [-0.4, -0.2) is 38.1 Å². The first-order chi connectivity index (χ1) is 13.1. The van der Waals surface area contributed by atoms with E-state index < -0.39 is 0 Å². The predicted molar refractivity (Wildman–Crippen MR) is 108 cm³/mol. The zero-order chi connectivity index (χ0) is 19.2. The van der Waals surface area contributed by atoms with E-state index in [4.69, 9.17) is 4.74 Å². The maximum absolute atomic E-state index is 12.7. The summed E-state index contributed by atoms with van der Waals surface area (Å²) >= 11 is 1.44. The van der Waals surface area contributed by atoms with Crippen molar-refractivity contribution in [3.8, 4) is 11.1 Å². The van der Waals surface area contributed by atoms with Crippen molar-refractivity contribution in [1.29, 1.82) is 0 Å². The van der Waals surface area contributed by atoms with E-state index in [2.05, 4.69) is 5.32 Å². The summed E-state index contributed by atoms with van der Waals surface area (Å²) in [5.74, 6) is -0.431. The van der Waals surface area contributed by atoms with Gasteiger partial charge in [0.1, 0.15) is 10.6 Å². The average Bonchev–Trinajstić information content (AvgIpc) is 2.99. The summed E-state index contributed by atoms with van der Waals surface area (Å²) in [4.78, 5) is 27.6. The minimum Gasteiger partial charge on any atom is -0.462 e. The molecule has 0 radical (unpaired) electrons. The highest BCUT2D eigenvalue weighted by molar-refractivity contribution is 7.17. The van der Waals surface area contributed by atoms with Gasteiger partial charge in [-0.15, -0.1) is 11.3 Å². The Labute approximate surface area is 164 Å². The summed E-state index contributed by atoms with van der Waals surface area (Å²) in [6.45, 7) is 6.58. The van der Waals surface area contributed by atoms with Crippen LogP contribution < -0.4 is 10.2 Å². The van der Waals surface area contributed by atoms with Crippen LogP contribution in [0, 0.1) is 6.92 Å². The fourth-order valence-corrected chi connectivity index (χ4v) is 4.69. The third-order valence-electron chi connectivity index (χ3n) is 4.85. The van der Waals surface area contributed by atoms with Crippen LogP contribution in [0.3, 0.4) is 0 Å². The lowest BCUT2D eigenvalue weighted by Gasteiger charge is -2.22. The summed E-state index contributed by atoms with van der Waals surface area (Å²) in [5.41, 5.74) is 2.27. The van der Waals surface area contributed by atoms with Gasteiger partial charge in [0.05, 0.1) is 19.7 Å². The molecule has 0 spiro atoms. The molecule has 1 saturated heterocycles. The molecule has 0 saturated carbocycles. The Morgan fingerprint density at radius 1 is 1.15 bits per heavy atom. The van der Waals surface area contributed by atoms with Crippen molar-refractivity contribution >= 4 is 28.2 Å². The monoisotopic (exact) mass is 387 g/mol. The Hall–Kier alpha value is -2.18. The van der Waals surface area contributed by atoms with E-state index >= 15 is 0 Å². The Morgan fingerprint density at radius 3 is 2.52 bits per heavy atom. The molecule has 1 aliphatic rings. The number of aryl methyl sites for hydroxylation is 1. The highest BCUT2D eigenvalue weighted by Crippen LogP contribution is 2.40. The topological polar surface area (TPSA) is 59.8 Å². The third kappa shape index (κ3) is 4.76. The fourth-order valence-electron chi connectivity index (χ4n) is 3.61. The number of quaternary nitrogens is 1. The molecule has 1 fully saturated rings. The van der Waals surface area contributed by atoms with E-state index in [1.165, 1.54) is 35.5 Å². The van der Waals surface area contributed by atoms with Gasteiger partial charge >= 0.3 is 5.97 Å². The zero-order valence-electron chi connectivity index (χ0n) is 16.0. The number of amides is 1. The van der Waals surface area contributed by atoms with E-state index in [0.29, 0.717) is 23.7 Å². The van der Waals surface area contributed by atoms with Crippen LogP contribution in [0.5, 0.6) is 0 Å². The standard InChI is InChI=1S/C21H26N2O3S/c1-3-26-21(25)19-18(16-10-6-4-7-11-16)15(2)27-20(19)22-17(24)14-23-12-8-5-9-13-23/h4,6-7,10-11H,3,5,8-9,12-14H2,1-2H3,(H,22,24)/p+1. The normalized spacial score (nSPS) is 14.7. The van der Waals surface area contributed by atoms with Crippen LogP contribution in [0.25, 0.3) is 11.1 Å². The lowest BCUT2D eigenvalue weighted by atomic mass is 10.0. The SMILES string of the molecule is CCOC(=O)c1c(NC(=O)C[NH+]2CCCCC2)sc(C)c1-c1ccccc1. The minimum absolute atomic E-state index is 0.0432. The molecule has 0 bridgehead atoms. The lowest BCUT2D eigenvalue weighted by Crippen LogP contribution is -3.13. The van der Waals surface area contributed by atoms with Crippen LogP contribution in [0.1, 0.15) is 41.4 Å². The van der Waals surface area contributed by atoms with Crippen molar-refractivity contribution in [2.45, 2.75) is 33.1 Å². The number of hydrogen-bond acceptors (Lipinski definition) is 4. The molecule has 1 aliphatic heterocycles. The Morgan fingerprint density at radius 2 is 1.85 bits per heavy atom. The smallest absolute Gasteiger partial charge is 0.341 e. The molecule has 5 nitrogen and oxygen atoms in total. The number of anilines is 1. The molecule has 0 aliphatic carbocycles. The number of hydrogen-bond donors (Lipinski definition) is 2. The van der Waals surface area contributed by atoms with Crippen LogP contribution in [0.4, 0.5) is 5.00 Å². The number of ether oxygens (including phenoxy) is 1. The van der Waals surface area contributed by atoms with Gasteiger partial charge in [-0.1, -0.05) is 30.3 Å². The number of rotatable bonds is 6. The number of piperidine rings is 1. The van der Waals surface area contributed by atoms with Crippen molar-refractivity contribution in [2.75, 3.05) is 31.6 Å². The number of nitrogens with one attached hydrogen (secondary N) is 2. The van der Waals surface area contributed by atoms with E-state index in [1.807, 2.05) is 37.3 Å². The lowest BCUT2D eigenvalue weighted by molar-refractivity contribution is -0.896. The Bertz CT molecular complexity index is 795. The molecule has 2 heterocycles. The van der Waals surface area contributed by atoms with E-state index in [1.54, 1.807) is 6.92 Å². The number of likely N-dealkylation sites (tertiary alicyclic amines) is 1. The van der Waals surface area contributed by atoms with Crippen molar-refractivity contribution in [3.05, 3.63) is 40.8 Å². The molecule has 2 aromatic rings. The number of esters is 1. The first-order valence-corrected chi connectivity index (χ1v) is 10.4. The van der Waals surface area contributed by atoms with Gasteiger partial charge in [0.2, 0.25) is 0 Å². The third-order valence-corrected chi connectivity index (χ3v) is 5.87. The van der Waals surface area contributed by atoms with Gasteiger partial charge in [-0.3, -0.25) is 4.79 Å². The summed E-state index contributed by atoms with van der Waals surface area (Å²) < 4.78 is 5.29. The Balaban J connectivity index is 1.87. The molecule has 1 amide bonds. The molecule has 27 heavy (non-hydrogen) atoms. The zero-order valence-corrected chi connectivity index (χ0v) is 16.8. The highest BCUT2D eigenvalue weighted by atomic mass is 32.1. The molecule has 144 valence electrons. The van der Waals surface area contributed by atoms with E-state index in [9.17, 15) is 9.59 Å². The summed E-state index contributed by atoms with van der Waals surface area (Å²) in [6, 6.07) is 9.78. The number of benzene rings is 1. The first kappa shape index (κ1) is 19.6. The van der Waals surface area contributed by atoms with Crippen LogP contribution in [0.15, 0.2) is 30.3 Å². The van der Waals surface area contributed by atoms with Crippen molar-refractivity contribution < 1.29 is 19.2 Å². The van der Waals surface area contributed by atoms with Crippen LogP contribution in [0.2, 0.25) is 0 Å². The average molecular weight is 388 g/mol. The molecule has 3 rings (SSSR count). The molecule has 0 unspecified atom stereocenters. The molecular weight excluding hydrogens is 360 g/mol. The maximum Gasteiger partial charge on any atom is 0.341 e. The summed E-state index contributed by atoms with van der Waals surface area (Å²) in [6.07, 6.45) is 3.60. The van der Waals surface area contributed by atoms with Crippen molar-refractivity contribution in [2.24, 2.45) is 0 Å². The van der Waals surface area contributed by atoms with Gasteiger partial charge in [0.15, 0.2) is 6.54 Å². The first-order valence-electron chi connectivity index (χ1n) is 9.59. The number of carbonyl (C=O) groups excluding carboxylic acids is 2. The maximum atomic E-state index is 12.7. The molecule has 1 aromatic carbocycles. The van der Waals surface area contributed by atoms with E-state index in [-0.39, 0.29) is 11.9 Å². The molecule has 2 N–H and O–H groups in total. The van der Waals surface area contributed by atoms with Gasteiger partial charge in [0.25, 0.3) is 5.91 Å². The van der Waals surface area contributed by atoms with Gasteiger partial charge in [0, 0.05) is 10.4 Å². The fraction of sp³-hybridized carbons (Fsp3) is 0.429. The van der Waals surface area contributed by atoms with Gasteiger partial charge in [-0.25, -0.2) is 4.79 Å². The van der Waals surface area contributed by atoms with Crippen LogP contribution >= 0.6 is 11.3 Å². The molecule has 1 aromatic heterocycles. The van der Waals surface area contributed by atoms with E-state index in [0.717, 1.165) is 29.1 Å². The molecule has 6 heteroatoms. The largest absolute Gasteiger partial charge is 0.462 e. The second-order valence-corrected chi connectivity index (χ2v) is 8.08. The number of thiophene rings is 1.